The van der Waals surface area contributed by atoms with E-state index in [9.17, 15) is 4.39 Å². The Morgan fingerprint density at radius 1 is 1.18 bits per heavy atom. The molecule has 0 spiro atoms. The van der Waals surface area contributed by atoms with Gasteiger partial charge in [-0.05, 0) is 30.0 Å². The maximum atomic E-state index is 13.8. The van der Waals surface area contributed by atoms with Crippen molar-refractivity contribution in [3.05, 3.63) is 29.6 Å². The first-order chi connectivity index (χ1) is 10.4. The van der Waals surface area contributed by atoms with E-state index in [-0.39, 0.29) is 11.2 Å². The molecule has 1 atom stereocenters. The summed E-state index contributed by atoms with van der Waals surface area (Å²) >= 11 is 0. The first-order valence-electron chi connectivity index (χ1n) is 8.25. The third-order valence-corrected chi connectivity index (χ3v) is 4.87. The Hall–Kier alpha value is -1.13. The molecule has 0 saturated carbocycles. The summed E-state index contributed by atoms with van der Waals surface area (Å²) in [5, 5.41) is 0. The second kappa shape index (κ2) is 5.82. The summed E-state index contributed by atoms with van der Waals surface area (Å²) in [4.78, 5) is 4.89. The van der Waals surface area contributed by atoms with Gasteiger partial charge < -0.3 is 9.64 Å². The molecular formula is C18H27FN2O. The quantitative estimate of drug-likeness (QED) is 0.835. The zero-order chi connectivity index (χ0) is 15.9. The van der Waals surface area contributed by atoms with Crippen LogP contribution in [0.25, 0.3) is 0 Å². The lowest BCUT2D eigenvalue weighted by Gasteiger charge is -2.47. The molecule has 2 saturated heterocycles. The van der Waals surface area contributed by atoms with E-state index in [0.29, 0.717) is 12.1 Å². The average Bonchev–Trinajstić information content (AvgIpc) is 2.35. The molecule has 1 aromatic rings. The van der Waals surface area contributed by atoms with Crippen molar-refractivity contribution in [3.8, 4) is 0 Å². The minimum atomic E-state index is -0.148. The zero-order valence-corrected chi connectivity index (χ0v) is 14.1. The number of ether oxygens (including phenoxy) is 1. The highest BCUT2D eigenvalue weighted by atomic mass is 19.1. The van der Waals surface area contributed by atoms with E-state index in [4.69, 9.17) is 4.74 Å². The Labute approximate surface area is 133 Å². The highest BCUT2D eigenvalue weighted by molar-refractivity contribution is 5.57. The molecular weight excluding hydrogens is 279 g/mol. The predicted octanol–water partition coefficient (Wildman–Crippen LogP) is 3.03. The SMILES string of the molecule is C[C@H]1CN(C2COC2)CCN1c1cc(F)ccc1C(C)(C)C. The molecule has 2 fully saturated rings. The minimum Gasteiger partial charge on any atom is -0.378 e. The van der Waals surface area contributed by atoms with Gasteiger partial charge in [-0.25, -0.2) is 4.39 Å². The molecule has 4 heteroatoms. The van der Waals surface area contributed by atoms with Crippen LogP contribution in [0.5, 0.6) is 0 Å². The van der Waals surface area contributed by atoms with Gasteiger partial charge in [0.15, 0.2) is 0 Å². The Morgan fingerprint density at radius 3 is 2.45 bits per heavy atom. The smallest absolute Gasteiger partial charge is 0.125 e. The topological polar surface area (TPSA) is 15.7 Å². The summed E-state index contributed by atoms with van der Waals surface area (Å²) < 4.78 is 19.1. The highest BCUT2D eigenvalue weighted by Gasteiger charge is 2.33. The molecule has 2 aliphatic rings. The van der Waals surface area contributed by atoms with E-state index in [1.54, 1.807) is 12.1 Å². The lowest BCUT2D eigenvalue weighted by Crippen LogP contribution is -2.59. The number of rotatable bonds is 2. The number of hydrogen-bond donors (Lipinski definition) is 0. The summed E-state index contributed by atoms with van der Waals surface area (Å²) in [7, 11) is 0. The van der Waals surface area contributed by atoms with Gasteiger partial charge in [0.2, 0.25) is 0 Å². The van der Waals surface area contributed by atoms with E-state index in [1.807, 2.05) is 6.07 Å². The number of hydrogen-bond acceptors (Lipinski definition) is 3. The fraction of sp³-hybridized carbons (Fsp3) is 0.667. The molecule has 0 unspecified atom stereocenters. The Kier molecular flexibility index (Phi) is 4.17. The molecule has 3 nitrogen and oxygen atoms in total. The first-order valence-corrected chi connectivity index (χ1v) is 8.25. The molecule has 0 radical (unpaired) electrons. The van der Waals surface area contributed by atoms with Crippen LogP contribution < -0.4 is 4.90 Å². The average molecular weight is 306 g/mol. The van der Waals surface area contributed by atoms with Gasteiger partial charge in [0.1, 0.15) is 5.82 Å². The van der Waals surface area contributed by atoms with Crippen molar-refractivity contribution in [2.75, 3.05) is 37.7 Å². The van der Waals surface area contributed by atoms with Crippen molar-refractivity contribution in [1.82, 2.24) is 4.90 Å². The number of anilines is 1. The second-order valence-corrected chi connectivity index (χ2v) is 7.64. The van der Waals surface area contributed by atoms with E-state index < -0.39 is 0 Å². The van der Waals surface area contributed by atoms with Crippen LogP contribution in [-0.2, 0) is 10.2 Å². The van der Waals surface area contributed by atoms with Gasteiger partial charge in [0, 0.05) is 31.4 Å². The summed E-state index contributed by atoms with van der Waals surface area (Å²) in [5.74, 6) is -0.148. The first kappa shape index (κ1) is 15.8. The Balaban J connectivity index is 1.83. The molecule has 1 aromatic carbocycles. The molecule has 0 aromatic heterocycles. The molecule has 0 N–H and O–H groups in total. The van der Waals surface area contributed by atoms with Gasteiger partial charge in [-0.2, -0.15) is 0 Å². The Morgan fingerprint density at radius 2 is 1.91 bits per heavy atom. The molecule has 22 heavy (non-hydrogen) atoms. The molecule has 0 amide bonds. The number of halogens is 1. The van der Waals surface area contributed by atoms with Crippen LogP contribution in [0.2, 0.25) is 0 Å². The summed E-state index contributed by atoms with van der Waals surface area (Å²) in [5.41, 5.74) is 2.30. The van der Waals surface area contributed by atoms with Crippen LogP contribution >= 0.6 is 0 Å². The van der Waals surface area contributed by atoms with E-state index in [1.165, 1.54) is 5.56 Å². The molecule has 0 bridgehead atoms. The van der Waals surface area contributed by atoms with Gasteiger partial charge >= 0.3 is 0 Å². The van der Waals surface area contributed by atoms with Crippen LogP contribution in [0.15, 0.2) is 18.2 Å². The lowest BCUT2D eigenvalue weighted by atomic mass is 9.85. The second-order valence-electron chi connectivity index (χ2n) is 7.64. The van der Waals surface area contributed by atoms with Crippen molar-refractivity contribution in [2.45, 2.75) is 45.2 Å². The van der Waals surface area contributed by atoms with E-state index in [0.717, 1.165) is 38.5 Å². The maximum absolute atomic E-state index is 13.8. The Bertz CT molecular complexity index is 536. The van der Waals surface area contributed by atoms with Crippen LogP contribution in [0, 0.1) is 5.82 Å². The maximum Gasteiger partial charge on any atom is 0.125 e. The van der Waals surface area contributed by atoms with E-state index >= 15 is 0 Å². The monoisotopic (exact) mass is 306 g/mol. The van der Waals surface area contributed by atoms with Crippen LogP contribution in [-0.4, -0.2) is 49.8 Å². The predicted molar refractivity (Wildman–Crippen MR) is 88.1 cm³/mol. The van der Waals surface area contributed by atoms with Crippen molar-refractivity contribution in [1.29, 1.82) is 0 Å². The molecule has 2 aliphatic heterocycles. The number of nitrogens with zero attached hydrogens (tertiary/aromatic N) is 2. The van der Waals surface area contributed by atoms with Gasteiger partial charge in [-0.1, -0.05) is 26.8 Å². The molecule has 122 valence electrons. The van der Waals surface area contributed by atoms with Crippen LogP contribution in [0.4, 0.5) is 10.1 Å². The van der Waals surface area contributed by atoms with E-state index in [2.05, 4.69) is 37.5 Å². The van der Waals surface area contributed by atoms with Gasteiger partial charge in [0.25, 0.3) is 0 Å². The summed E-state index contributed by atoms with van der Waals surface area (Å²) in [6, 6.07) is 6.20. The zero-order valence-electron chi connectivity index (χ0n) is 14.1. The third kappa shape index (κ3) is 2.99. The van der Waals surface area contributed by atoms with Crippen molar-refractivity contribution < 1.29 is 9.13 Å². The minimum absolute atomic E-state index is 0.0156. The fourth-order valence-corrected chi connectivity index (χ4v) is 3.49. The van der Waals surface area contributed by atoms with Crippen LogP contribution in [0.1, 0.15) is 33.3 Å². The number of benzene rings is 1. The van der Waals surface area contributed by atoms with Gasteiger partial charge in [-0.3, -0.25) is 4.90 Å². The third-order valence-electron chi connectivity index (χ3n) is 4.87. The van der Waals surface area contributed by atoms with Gasteiger partial charge in [0.05, 0.1) is 19.3 Å². The summed E-state index contributed by atoms with van der Waals surface area (Å²) in [6.45, 7) is 13.5. The fourth-order valence-electron chi connectivity index (χ4n) is 3.49. The normalized spacial score (nSPS) is 24.4. The molecule has 2 heterocycles. The van der Waals surface area contributed by atoms with Crippen molar-refractivity contribution in [2.24, 2.45) is 0 Å². The summed E-state index contributed by atoms with van der Waals surface area (Å²) in [6.07, 6.45) is 0. The molecule has 3 rings (SSSR count). The van der Waals surface area contributed by atoms with Crippen molar-refractivity contribution >= 4 is 5.69 Å². The lowest BCUT2D eigenvalue weighted by molar-refractivity contribution is -0.0691. The highest BCUT2D eigenvalue weighted by Crippen LogP contribution is 2.34. The van der Waals surface area contributed by atoms with Crippen LogP contribution in [0.3, 0.4) is 0 Å². The van der Waals surface area contributed by atoms with Crippen molar-refractivity contribution in [3.63, 3.8) is 0 Å². The largest absolute Gasteiger partial charge is 0.378 e. The molecule has 0 aliphatic carbocycles. The van der Waals surface area contributed by atoms with Gasteiger partial charge in [-0.15, -0.1) is 0 Å². The number of piperazine rings is 1. The standard InChI is InChI=1S/C18H27FN2O/c1-13-10-20(15-11-22-12-15)7-8-21(13)17-9-14(19)5-6-16(17)18(2,3)4/h5-6,9,13,15H,7-8,10-12H2,1-4H3/t13-/m0/s1.